The standard InChI is InChI=1S/C49H43N/c1-48(2,3)46-32-39(35-17-10-7-11-18-35)25-30-47(46)50(41-28-29-43-42-21-12-13-22-44(42)49(4,5)45(43)33-41)40-26-23-36(24-27-40)38-20-14-19-37(31-38)34-15-8-6-9-16-34/h6-33H,1-5H3. The van der Waals surface area contributed by atoms with Crippen LogP contribution in [0, 0.1) is 0 Å². The summed E-state index contributed by atoms with van der Waals surface area (Å²) in [6, 6.07) is 62.3. The van der Waals surface area contributed by atoms with Crippen molar-refractivity contribution in [3.05, 3.63) is 187 Å². The van der Waals surface area contributed by atoms with Crippen molar-refractivity contribution in [2.24, 2.45) is 0 Å². The highest BCUT2D eigenvalue weighted by molar-refractivity contribution is 5.87. The Labute approximate surface area is 297 Å². The van der Waals surface area contributed by atoms with Crippen LogP contribution in [0.2, 0.25) is 0 Å². The quantitative estimate of drug-likeness (QED) is 0.174. The molecule has 244 valence electrons. The molecule has 0 aliphatic heterocycles. The molecule has 1 aliphatic carbocycles. The van der Waals surface area contributed by atoms with Gasteiger partial charge in [0.25, 0.3) is 0 Å². The van der Waals surface area contributed by atoms with Gasteiger partial charge in [0.05, 0.1) is 0 Å². The minimum Gasteiger partial charge on any atom is -0.310 e. The molecule has 0 saturated heterocycles. The maximum atomic E-state index is 2.47. The smallest absolute Gasteiger partial charge is 0.0499 e. The summed E-state index contributed by atoms with van der Waals surface area (Å²) in [6.07, 6.45) is 0. The molecule has 0 amide bonds. The van der Waals surface area contributed by atoms with E-state index in [9.17, 15) is 0 Å². The van der Waals surface area contributed by atoms with Crippen LogP contribution in [0.3, 0.4) is 0 Å². The van der Waals surface area contributed by atoms with Gasteiger partial charge in [-0.15, -0.1) is 0 Å². The van der Waals surface area contributed by atoms with E-state index in [1.54, 1.807) is 0 Å². The molecule has 7 aromatic carbocycles. The van der Waals surface area contributed by atoms with Gasteiger partial charge in [-0.3, -0.25) is 0 Å². The predicted molar refractivity (Wildman–Crippen MR) is 214 cm³/mol. The van der Waals surface area contributed by atoms with Gasteiger partial charge < -0.3 is 4.90 Å². The van der Waals surface area contributed by atoms with E-state index in [-0.39, 0.29) is 10.8 Å². The number of nitrogens with zero attached hydrogens (tertiary/aromatic N) is 1. The van der Waals surface area contributed by atoms with Crippen molar-refractivity contribution in [2.45, 2.75) is 45.4 Å². The highest BCUT2D eigenvalue weighted by Gasteiger charge is 2.36. The zero-order chi connectivity index (χ0) is 34.5. The average molecular weight is 646 g/mol. The fraction of sp³-hybridized carbons (Fsp3) is 0.143. The summed E-state index contributed by atoms with van der Waals surface area (Å²) in [5.74, 6) is 0. The van der Waals surface area contributed by atoms with Gasteiger partial charge in [-0.05, 0) is 109 Å². The molecule has 7 aromatic rings. The first-order valence-corrected chi connectivity index (χ1v) is 17.7. The minimum absolute atomic E-state index is 0.0920. The first kappa shape index (κ1) is 31.6. The fourth-order valence-corrected chi connectivity index (χ4v) is 7.71. The molecule has 1 heteroatoms. The zero-order valence-corrected chi connectivity index (χ0v) is 29.6. The Morgan fingerprint density at radius 2 is 0.900 bits per heavy atom. The summed E-state index contributed by atoms with van der Waals surface area (Å²) in [5.41, 5.74) is 17.4. The first-order valence-electron chi connectivity index (χ1n) is 17.7. The molecular weight excluding hydrogens is 603 g/mol. The number of anilines is 3. The fourth-order valence-electron chi connectivity index (χ4n) is 7.71. The van der Waals surface area contributed by atoms with Gasteiger partial charge in [0.1, 0.15) is 0 Å². The van der Waals surface area contributed by atoms with Crippen LogP contribution in [-0.4, -0.2) is 0 Å². The molecule has 8 rings (SSSR count). The topological polar surface area (TPSA) is 3.24 Å². The van der Waals surface area contributed by atoms with Gasteiger partial charge >= 0.3 is 0 Å². The van der Waals surface area contributed by atoms with E-state index < -0.39 is 0 Å². The van der Waals surface area contributed by atoms with Crippen molar-refractivity contribution in [1.82, 2.24) is 0 Å². The molecule has 0 spiro atoms. The van der Waals surface area contributed by atoms with Crippen LogP contribution in [0.25, 0.3) is 44.5 Å². The van der Waals surface area contributed by atoms with E-state index in [0.717, 1.165) is 5.69 Å². The summed E-state index contributed by atoms with van der Waals surface area (Å²) >= 11 is 0. The van der Waals surface area contributed by atoms with Gasteiger partial charge in [-0.25, -0.2) is 0 Å². The van der Waals surface area contributed by atoms with Crippen LogP contribution in [0.4, 0.5) is 17.1 Å². The van der Waals surface area contributed by atoms with Crippen LogP contribution < -0.4 is 4.90 Å². The number of rotatable bonds is 6. The number of benzene rings is 7. The van der Waals surface area contributed by atoms with E-state index in [2.05, 4.69) is 209 Å². The van der Waals surface area contributed by atoms with Crippen molar-refractivity contribution in [1.29, 1.82) is 0 Å². The SMILES string of the molecule is CC(C)(C)c1cc(-c2ccccc2)ccc1N(c1ccc(-c2cccc(-c3ccccc3)c2)cc1)c1ccc2c(c1)C(C)(C)c1ccccc1-2. The van der Waals surface area contributed by atoms with Crippen molar-refractivity contribution < 1.29 is 0 Å². The molecule has 0 heterocycles. The molecule has 0 unspecified atom stereocenters. The van der Waals surface area contributed by atoms with E-state index in [0.29, 0.717) is 0 Å². The second-order valence-electron chi connectivity index (χ2n) is 15.1. The summed E-state index contributed by atoms with van der Waals surface area (Å²) in [5, 5.41) is 0. The lowest BCUT2D eigenvalue weighted by Crippen LogP contribution is -2.20. The Balaban J connectivity index is 1.28. The molecule has 0 atom stereocenters. The number of hydrogen-bond acceptors (Lipinski definition) is 1. The molecule has 0 saturated carbocycles. The van der Waals surface area contributed by atoms with Gasteiger partial charge in [0.2, 0.25) is 0 Å². The molecule has 0 radical (unpaired) electrons. The Morgan fingerprint density at radius 1 is 0.400 bits per heavy atom. The lowest BCUT2D eigenvalue weighted by Gasteiger charge is -2.33. The molecular formula is C49H43N. The minimum atomic E-state index is -0.0948. The third-order valence-corrected chi connectivity index (χ3v) is 10.4. The largest absolute Gasteiger partial charge is 0.310 e. The predicted octanol–water partition coefficient (Wildman–Crippen LogP) is 13.8. The Morgan fingerprint density at radius 3 is 1.54 bits per heavy atom. The Hall–Kier alpha value is -5.66. The lowest BCUT2D eigenvalue weighted by atomic mass is 9.82. The van der Waals surface area contributed by atoms with Gasteiger partial charge in [0.15, 0.2) is 0 Å². The lowest BCUT2D eigenvalue weighted by molar-refractivity contribution is 0.591. The maximum Gasteiger partial charge on any atom is 0.0499 e. The summed E-state index contributed by atoms with van der Waals surface area (Å²) < 4.78 is 0. The van der Waals surface area contributed by atoms with E-state index in [1.165, 1.54) is 72.6 Å². The molecule has 1 nitrogen and oxygen atoms in total. The normalized spacial score (nSPS) is 13.1. The zero-order valence-electron chi connectivity index (χ0n) is 29.6. The number of fused-ring (bicyclic) bond motifs is 3. The first-order chi connectivity index (χ1) is 24.2. The summed E-state index contributed by atoms with van der Waals surface area (Å²) in [7, 11) is 0. The van der Waals surface area contributed by atoms with Crippen LogP contribution in [0.1, 0.15) is 51.3 Å². The molecule has 50 heavy (non-hydrogen) atoms. The van der Waals surface area contributed by atoms with Gasteiger partial charge in [-0.2, -0.15) is 0 Å². The van der Waals surface area contributed by atoms with E-state index in [4.69, 9.17) is 0 Å². The van der Waals surface area contributed by atoms with Crippen molar-refractivity contribution in [3.8, 4) is 44.5 Å². The van der Waals surface area contributed by atoms with Gasteiger partial charge in [-0.1, -0.05) is 162 Å². The average Bonchev–Trinajstić information content (AvgIpc) is 3.38. The highest BCUT2D eigenvalue weighted by atomic mass is 15.1. The van der Waals surface area contributed by atoms with Crippen LogP contribution >= 0.6 is 0 Å². The monoisotopic (exact) mass is 645 g/mol. The van der Waals surface area contributed by atoms with Crippen molar-refractivity contribution in [2.75, 3.05) is 4.90 Å². The second-order valence-corrected chi connectivity index (χ2v) is 15.1. The molecule has 1 aliphatic rings. The van der Waals surface area contributed by atoms with Crippen molar-refractivity contribution in [3.63, 3.8) is 0 Å². The van der Waals surface area contributed by atoms with Crippen LogP contribution in [0.5, 0.6) is 0 Å². The Bertz CT molecular complexity index is 2310. The molecule has 0 N–H and O–H groups in total. The van der Waals surface area contributed by atoms with E-state index in [1.807, 2.05) is 0 Å². The second kappa shape index (κ2) is 12.3. The highest BCUT2D eigenvalue weighted by Crippen LogP contribution is 2.51. The summed E-state index contributed by atoms with van der Waals surface area (Å²) in [6.45, 7) is 11.7. The Kier molecular flexibility index (Phi) is 7.80. The molecule has 0 bridgehead atoms. The third-order valence-electron chi connectivity index (χ3n) is 10.4. The number of hydrogen-bond donors (Lipinski definition) is 0. The van der Waals surface area contributed by atoms with E-state index >= 15 is 0 Å². The summed E-state index contributed by atoms with van der Waals surface area (Å²) in [4.78, 5) is 2.47. The van der Waals surface area contributed by atoms with Crippen LogP contribution in [0.15, 0.2) is 170 Å². The molecule has 0 aromatic heterocycles. The molecule has 0 fully saturated rings. The van der Waals surface area contributed by atoms with Crippen LogP contribution in [-0.2, 0) is 10.8 Å². The maximum absolute atomic E-state index is 2.47. The third kappa shape index (κ3) is 5.63. The van der Waals surface area contributed by atoms with Crippen molar-refractivity contribution >= 4 is 17.1 Å². The van der Waals surface area contributed by atoms with Gasteiger partial charge in [0, 0.05) is 22.5 Å².